The highest BCUT2D eigenvalue weighted by molar-refractivity contribution is 5.43. The van der Waals surface area contributed by atoms with E-state index in [1.54, 1.807) is 22.3 Å². The van der Waals surface area contributed by atoms with Crippen molar-refractivity contribution in [1.82, 2.24) is 5.32 Å². The van der Waals surface area contributed by atoms with Crippen LogP contribution in [0.2, 0.25) is 0 Å². The highest BCUT2D eigenvalue weighted by Gasteiger charge is 2.25. The van der Waals surface area contributed by atoms with Crippen LogP contribution in [0.3, 0.4) is 0 Å². The fraction of sp³-hybridized carbons (Fsp3) is 0.647. The van der Waals surface area contributed by atoms with Crippen LogP contribution in [0.15, 0.2) is 12.1 Å². The van der Waals surface area contributed by atoms with Gasteiger partial charge in [-0.3, -0.25) is 0 Å². The Balaban J connectivity index is 2.46. The Morgan fingerprint density at radius 3 is 2.17 bits per heavy atom. The fourth-order valence-corrected chi connectivity index (χ4v) is 3.30. The van der Waals surface area contributed by atoms with Gasteiger partial charge in [0.2, 0.25) is 0 Å². The summed E-state index contributed by atoms with van der Waals surface area (Å²) in [5.41, 5.74) is 6.28. The van der Waals surface area contributed by atoms with E-state index in [-0.39, 0.29) is 0 Å². The molecule has 2 atom stereocenters. The van der Waals surface area contributed by atoms with Gasteiger partial charge in [-0.05, 0) is 60.4 Å². The van der Waals surface area contributed by atoms with Gasteiger partial charge >= 0.3 is 0 Å². The third-order valence-corrected chi connectivity index (χ3v) is 4.41. The fourth-order valence-electron chi connectivity index (χ4n) is 3.30. The lowest BCUT2D eigenvalue weighted by Gasteiger charge is -2.31. The second-order valence-corrected chi connectivity index (χ2v) is 5.55. The first kappa shape index (κ1) is 13.6. The molecule has 1 aromatic rings. The van der Waals surface area contributed by atoms with Crippen LogP contribution in [0.25, 0.3) is 0 Å². The predicted octanol–water partition coefficient (Wildman–Crippen LogP) is 4.36. The van der Waals surface area contributed by atoms with Gasteiger partial charge in [-0.1, -0.05) is 39.8 Å². The molecule has 0 bridgehead atoms. The molecule has 100 valence electrons. The summed E-state index contributed by atoms with van der Waals surface area (Å²) in [5, 5.41) is 3.65. The van der Waals surface area contributed by atoms with Gasteiger partial charge in [-0.15, -0.1) is 0 Å². The van der Waals surface area contributed by atoms with Crippen LogP contribution in [-0.4, -0.2) is 6.54 Å². The van der Waals surface area contributed by atoms with Crippen molar-refractivity contribution in [2.45, 2.75) is 65.3 Å². The van der Waals surface area contributed by atoms with Crippen molar-refractivity contribution < 1.29 is 0 Å². The van der Waals surface area contributed by atoms with Crippen LogP contribution in [0.4, 0.5) is 0 Å². The third-order valence-electron chi connectivity index (χ3n) is 4.41. The van der Waals surface area contributed by atoms with Crippen LogP contribution < -0.4 is 5.32 Å². The van der Waals surface area contributed by atoms with Crippen LogP contribution in [0, 0.1) is 0 Å². The van der Waals surface area contributed by atoms with Gasteiger partial charge in [0.05, 0.1) is 0 Å². The second kappa shape index (κ2) is 5.88. The number of rotatable bonds is 4. The maximum atomic E-state index is 3.65. The number of benzene rings is 1. The summed E-state index contributed by atoms with van der Waals surface area (Å²) >= 11 is 0. The van der Waals surface area contributed by atoms with Crippen molar-refractivity contribution in [2.75, 3.05) is 6.54 Å². The lowest BCUT2D eigenvalue weighted by molar-refractivity contribution is 0.440. The molecule has 2 rings (SSSR count). The topological polar surface area (TPSA) is 12.0 Å². The first-order chi connectivity index (χ1) is 8.71. The maximum absolute atomic E-state index is 3.65. The Kier molecular flexibility index (Phi) is 4.45. The average Bonchev–Trinajstić information content (AvgIpc) is 2.41. The van der Waals surface area contributed by atoms with Crippen molar-refractivity contribution in [3.63, 3.8) is 0 Å². The van der Waals surface area contributed by atoms with E-state index in [4.69, 9.17) is 0 Å². The highest BCUT2D eigenvalue weighted by Crippen LogP contribution is 2.38. The third kappa shape index (κ3) is 2.47. The largest absolute Gasteiger partial charge is 0.310 e. The predicted molar refractivity (Wildman–Crippen MR) is 79.3 cm³/mol. The molecular weight excluding hydrogens is 218 g/mol. The molecule has 1 N–H and O–H groups in total. The number of aryl methyl sites for hydroxylation is 2. The van der Waals surface area contributed by atoms with Gasteiger partial charge in [0, 0.05) is 6.04 Å². The Labute approximate surface area is 112 Å². The number of hydrogen-bond donors (Lipinski definition) is 1. The standard InChI is InChI=1S/C17H27N/c1-5-13-10-15-12(4)8-9-17(18-7-3)16(15)11-14(13)6-2/h10-12,17-18H,5-9H2,1-4H3. The van der Waals surface area contributed by atoms with E-state index >= 15 is 0 Å². The summed E-state index contributed by atoms with van der Waals surface area (Å²) in [6.07, 6.45) is 4.93. The van der Waals surface area contributed by atoms with E-state index in [0.717, 1.165) is 25.3 Å². The van der Waals surface area contributed by atoms with Crippen LogP contribution in [-0.2, 0) is 12.8 Å². The molecule has 0 aliphatic heterocycles. The normalized spacial score (nSPS) is 22.9. The van der Waals surface area contributed by atoms with Crippen molar-refractivity contribution in [1.29, 1.82) is 0 Å². The molecule has 18 heavy (non-hydrogen) atoms. The molecule has 0 radical (unpaired) electrons. The van der Waals surface area contributed by atoms with Crippen molar-refractivity contribution in [3.8, 4) is 0 Å². The smallest absolute Gasteiger partial charge is 0.0323 e. The summed E-state index contributed by atoms with van der Waals surface area (Å²) in [5.74, 6) is 0.728. The number of hydrogen-bond acceptors (Lipinski definition) is 1. The molecule has 0 fully saturated rings. The highest BCUT2D eigenvalue weighted by atomic mass is 14.9. The Bertz CT molecular complexity index is 408. The van der Waals surface area contributed by atoms with Crippen molar-refractivity contribution >= 4 is 0 Å². The van der Waals surface area contributed by atoms with Gasteiger partial charge < -0.3 is 5.32 Å². The van der Waals surface area contributed by atoms with Gasteiger partial charge in [0.1, 0.15) is 0 Å². The molecule has 1 heteroatoms. The minimum atomic E-state index is 0.581. The Morgan fingerprint density at radius 2 is 1.61 bits per heavy atom. The van der Waals surface area contributed by atoms with Gasteiger partial charge in [-0.2, -0.15) is 0 Å². The number of nitrogens with one attached hydrogen (secondary N) is 1. The maximum Gasteiger partial charge on any atom is 0.0323 e. The molecule has 1 aliphatic rings. The van der Waals surface area contributed by atoms with Crippen molar-refractivity contribution in [3.05, 3.63) is 34.4 Å². The lowest BCUT2D eigenvalue weighted by atomic mass is 9.78. The molecule has 0 saturated carbocycles. The van der Waals surface area contributed by atoms with Gasteiger partial charge in [0.15, 0.2) is 0 Å². The van der Waals surface area contributed by atoms with Crippen LogP contribution in [0.5, 0.6) is 0 Å². The number of fused-ring (bicyclic) bond motifs is 1. The molecular formula is C17H27N. The van der Waals surface area contributed by atoms with Gasteiger partial charge in [-0.25, -0.2) is 0 Å². The quantitative estimate of drug-likeness (QED) is 0.831. The summed E-state index contributed by atoms with van der Waals surface area (Å²) in [7, 11) is 0. The zero-order valence-electron chi connectivity index (χ0n) is 12.3. The molecule has 0 amide bonds. The minimum absolute atomic E-state index is 0.581. The second-order valence-electron chi connectivity index (χ2n) is 5.55. The molecule has 0 heterocycles. The van der Waals surface area contributed by atoms with E-state index in [0.29, 0.717) is 6.04 Å². The first-order valence-corrected chi connectivity index (χ1v) is 7.60. The first-order valence-electron chi connectivity index (χ1n) is 7.60. The zero-order valence-corrected chi connectivity index (χ0v) is 12.3. The Morgan fingerprint density at radius 1 is 1.00 bits per heavy atom. The monoisotopic (exact) mass is 245 g/mol. The molecule has 0 spiro atoms. The SMILES string of the molecule is CCNC1CCC(C)c2cc(CC)c(CC)cc21. The molecule has 0 saturated heterocycles. The van der Waals surface area contributed by atoms with Crippen LogP contribution in [0.1, 0.15) is 74.8 Å². The summed E-state index contributed by atoms with van der Waals surface area (Å²) < 4.78 is 0. The minimum Gasteiger partial charge on any atom is -0.310 e. The van der Waals surface area contributed by atoms with E-state index in [1.165, 1.54) is 12.8 Å². The van der Waals surface area contributed by atoms with Crippen LogP contribution >= 0.6 is 0 Å². The van der Waals surface area contributed by atoms with E-state index in [1.807, 2.05) is 0 Å². The van der Waals surface area contributed by atoms with Gasteiger partial charge in [0.25, 0.3) is 0 Å². The summed E-state index contributed by atoms with van der Waals surface area (Å²) in [6, 6.07) is 5.55. The van der Waals surface area contributed by atoms with Crippen molar-refractivity contribution in [2.24, 2.45) is 0 Å². The van der Waals surface area contributed by atoms with E-state index in [9.17, 15) is 0 Å². The zero-order chi connectivity index (χ0) is 13.1. The van der Waals surface area contributed by atoms with E-state index in [2.05, 4.69) is 45.1 Å². The summed E-state index contributed by atoms with van der Waals surface area (Å²) in [4.78, 5) is 0. The molecule has 1 aromatic carbocycles. The summed E-state index contributed by atoms with van der Waals surface area (Å²) in [6.45, 7) is 10.2. The Hall–Kier alpha value is -0.820. The molecule has 0 aromatic heterocycles. The van der Waals surface area contributed by atoms with E-state index < -0.39 is 0 Å². The molecule has 2 unspecified atom stereocenters. The average molecular weight is 245 g/mol. The lowest BCUT2D eigenvalue weighted by Crippen LogP contribution is -2.26. The molecule has 1 nitrogen and oxygen atoms in total. The molecule has 1 aliphatic carbocycles.